The molecule has 1 atom stereocenters. The Kier molecular flexibility index (Phi) is 4.91. The summed E-state index contributed by atoms with van der Waals surface area (Å²) in [5.41, 5.74) is 4.16. The number of nitrogens with zero attached hydrogens (tertiary/aromatic N) is 3. The first kappa shape index (κ1) is 18.5. The molecule has 2 aromatic heterocycles. The molecule has 0 spiro atoms. The Morgan fingerprint density at radius 1 is 1.24 bits per heavy atom. The normalized spacial score (nSPS) is 16.5. The summed E-state index contributed by atoms with van der Waals surface area (Å²) >= 11 is 3.04. The van der Waals surface area contributed by atoms with E-state index in [0.29, 0.717) is 17.2 Å². The molecule has 0 radical (unpaired) electrons. The fraction of sp³-hybridized carbons (Fsp3) is 0.286. The summed E-state index contributed by atoms with van der Waals surface area (Å²) in [6.07, 6.45) is 2.01. The lowest BCUT2D eigenvalue weighted by molar-refractivity contribution is 0.0917. The van der Waals surface area contributed by atoms with E-state index in [0.717, 1.165) is 45.6 Å². The highest BCUT2D eigenvalue weighted by atomic mass is 32.1. The number of anilines is 1. The van der Waals surface area contributed by atoms with Gasteiger partial charge in [0.1, 0.15) is 5.75 Å². The minimum atomic E-state index is -0.0678. The molecule has 0 saturated carbocycles. The van der Waals surface area contributed by atoms with Crippen LogP contribution in [0.4, 0.5) is 5.13 Å². The average molecular weight is 426 g/mol. The number of aromatic nitrogens is 2. The van der Waals surface area contributed by atoms with Gasteiger partial charge in [-0.1, -0.05) is 11.3 Å². The molecule has 8 heteroatoms. The van der Waals surface area contributed by atoms with Gasteiger partial charge in [-0.25, -0.2) is 9.97 Å². The number of benzene rings is 2. The Morgan fingerprint density at radius 3 is 3.00 bits per heavy atom. The lowest BCUT2D eigenvalue weighted by Crippen LogP contribution is -2.37. The fourth-order valence-electron chi connectivity index (χ4n) is 3.52. The van der Waals surface area contributed by atoms with Gasteiger partial charge in [-0.15, -0.1) is 11.3 Å². The highest BCUT2D eigenvalue weighted by Crippen LogP contribution is 2.33. The zero-order chi connectivity index (χ0) is 19.8. The maximum Gasteiger partial charge on any atom is 0.260 e. The van der Waals surface area contributed by atoms with Gasteiger partial charge in [0.15, 0.2) is 5.13 Å². The maximum atomic E-state index is 13.5. The van der Waals surface area contributed by atoms with Crippen molar-refractivity contribution in [3.05, 3.63) is 47.5 Å². The van der Waals surface area contributed by atoms with Crippen LogP contribution in [0.1, 0.15) is 23.2 Å². The van der Waals surface area contributed by atoms with Crippen LogP contribution >= 0.6 is 22.7 Å². The van der Waals surface area contributed by atoms with Crippen LogP contribution in [0, 0.1) is 0 Å². The van der Waals surface area contributed by atoms with E-state index in [-0.39, 0.29) is 12.0 Å². The lowest BCUT2D eigenvalue weighted by Gasteiger charge is -2.23. The minimum Gasteiger partial charge on any atom is -0.497 e. The van der Waals surface area contributed by atoms with Gasteiger partial charge in [-0.05, 0) is 43.2 Å². The third-order valence-electron chi connectivity index (χ3n) is 5.05. The number of carbonyl (C=O) groups is 1. The molecule has 3 heterocycles. The van der Waals surface area contributed by atoms with Crippen LogP contribution in [0.25, 0.3) is 20.4 Å². The molecule has 1 aliphatic heterocycles. The van der Waals surface area contributed by atoms with Crippen LogP contribution in [0.5, 0.6) is 5.75 Å². The van der Waals surface area contributed by atoms with E-state index in [1.807, 2.05) is 36.4 Å². The minimum absolute atomic E-state index is 0.0348. The van der Waals surface area contributed by atoms with E-state index >= 15 is 0 Å². The SMILES string of the molecule is COc1ccc2sc(N(CC3CCCO3)C(=O)c3ccc4ncsc4c3)nc2c1. The Bertz CT molecular complexity index is 1180. The zero-order valence-electron chi connectivity index (χ0n) is 15.8. The Morgan fingerprint density at radius 2 is 2.17 bits per heavy atom. The number of hydrogen-bond donors (Lipinski definition) is 0. The van der Waals surface area contributed by atoms with E-state index in [2.05, 4.69) is 4.98 Å². The van der Waals surface area contributed by atoms with Gasteiger partial charge in [0.2, 0.25) is 0 Å². The van der Waals surface area contributed by atoms with E-state index in [9.17, 15) is 4.79 Å². The van der Waals surface area contributed by atoms with Gasteiger partial charge >= 0.3 is 0 Å². The van der Waals surface area contributed by atoms with Crippen molar-refractivity contribution in [2.45, 2.75) is 18.9 Å². The van der Waals surface area contributed by atoms with Crippen molar-refractivity contribution in [3.63, 3.8) is 0 Å². The molecule has 1 fully saturated rings. The van der Waals surface area contributed by atoms with Crippen LogP contribution < -0.4 is 9.64 Å². The second kappa shape index (κ2) is 7.70. The maximum absolute atomic E-state index is 13.5. The summed E-state index contributed by atoms with van der Waals surface area (Å²) in [6.45, 7) is 1.24. The summed E-state index contributed by atoms with van der Waals surface area (Å²) in [7, 11) is 1.64. The van der Waals surface area contributed by atoms with Crippen molar-refractivity contribution in [1.29, 1.82) is 0 Å². The lowest BCUT2D eigenvalue weighted by atomic mass is 10.1. The molecule has 4 aromatic rings. The summed E-state index contributed by atoms with van der Waals surface area (Å²) in [5.74, 6) is 0.684. The molecule has 5 rings (SSSR count). The van der Waals surface area contributed by atoms with Crippen LogP contribution in [-0.4, -0.2) is 42.2 Å². The Labute approximate surface area is 175 Å². The first-order chi connectivity index (χ1) is 14.2. The smallest absolute Gasteiger partial charge is 0.260 e. The number of hydrogen-bond acceptors (Lipinski definition) is 7. The second-order valence-corrected chi connectivity index (χ2v) is 8.81. The third-order valence-corrected chi connectivity index (χ3v) is 6.90. The van der Waals surface area contributed by atoms with Crippen LogP contribution in [0.3, 0.4) is 0 Å². The molecule has 1 aliphatic rings. The highest BCUT2D eigenvalue weighted by molar-refractivity contribution is 7.22. The second-order valence-electron chi connectivity index (χ2n) is 6.92. The zero-order valence-corrected chi connectivity index (χ0v) is 17.5. The summed E-state index contributed by atoms with van der Waals surface area (Å²) < 4.78 is 13.1. The van der Waals surface area contributed by atoms with Crippen LogP contribution in [0.15, 0.2) is 41.9 Å². The van der Waals surface area contributed by atoms with E-state index in [1.54, 1.807) is 17.5 Å². The van der Waals surface area contributed by atoms with Crippen molar-refractivity contribution in [2.24, 2.45) is 0 Å². The van der Waals surface area contributed by atoms with Crippen LogP contribution in [-0.2, 0) is 4.74 Å². The molecular formula is C21H19N3O3S2. The predicted molar refractivity (Wildman–Crippen MR) is 116 cm³/mol. The molecular weight excluding hydrogens is 406 g/mol. The number of ether oxygens (including phenoxy) is 2. The van der Waals surface area contributed by atoms with Gasteiger partial charge < -0.3 is 9.47 Å². The third kappa shape index (κ3) is 3.59. The van der Waals surface area contributed by atoms with Crippen molar-refractivity contribution in [2.75, 3.05) is 25.2 Å². The predicted octanol–water partition coefficient (Wildman–Crippen LogP) is 4.74. The van der Waals surface area contributed by atoms with Gasteiger partial charge in [-0.2, -0.15) is 0 Å². The Balaban J connectivity index is 1.53. The topological polar surface area (TPSA) is 64.6 Å². The van der Waals surface area contributed by atoms with E-state index in [1.165, 1.54) is 22.7 Å². The van der Waals surface area contributed by atoms with Crippen molar-refractivity contribution in [3.8, 4) is 5.75 Å². The number of thiazole rings is 2. The molecule has 0 aliphatic carbocycles. The van der Waals surface area contributed by atoms with Crippen LogP contribution in [0.2, 0.25) is 0 Å². The monoisotopic (exact) mass is 425 g/mol. The molecule has 6 nitrogen and oxygen atoms in total. The standard InChI is InChI=1S/C21H19N3O3S2/c1-26-14-5-7-18-17(10-14)23-21(29-18)24(11-15-3-2-8-27-15)20(25)13-4-6-16-19(9-13)28-12-22-16/h4-7,9-10,12,15H,2-3,8,11H2,1H3. The average Bonchev–Trinajstić information content (AvgIpc) is 3.50. The van der Waals surface area contributed by atoms with Gasteiger partial charge in [-0.3, -0.25) is 9.69 Å². The fourth-order valence-corrected chi connectivity index (χ4v) is 5.19. The molecule has 0 N–H and O–H groups in total. The quantitative estimate of drug-likeness (QED) is 0.462. The number of methoxy groups -OCH3 is 1. The van der Waals surface area contributed by atoms with Crippen molar-refractivity contribution >= 4 is 54.1 Å². The molecule has 148 valence electrons. The molecule has 1 amide bonds. The molecule has 2 aromatic carbocycles. The molecule has 29 heavy (non-hydrogen) atoms. The first-order valence-corrected chi connectivity index (χ1v) is 11.1. The summed E-state index contributed by atoms with van der Waals surface area (Å²) in [6, 6.07) is 11.4. The summed E-state index contributed by atoms with van der Waals surface area (Å²) in [4.78, 5) is 24.3. The molecule has 1 unspecified atom stereocenters. The first-order valence-electron chi connectivity index (χ1n) is 9.42. The molecule has 0 bridgehead atoms. The van der Waals surface area contributed by atoms with Gasteiger partial charge in [0, 0.05) is 18.2 Å². The van der Waals surface area contributed by atoms with E-state index < -0.39 is 0 Å². The highest BCUT2D eigenvalue weighted by Gasteiger charge is 2.27. The largest absolute Gasteiger partial charge is 0.497 e. The van der Waals surface area contributed by atoms with Crippen molar-refractivity contribution in [1.82, 2.24) is 9.97 Å². The summed E-state index contributed by atoms with van der Waals surface area (Å²) in [5, 5.41) is 0.679. The number of rotatable bonds is 5. The van der Waals surface area contributed by atoms with Crippen molar-refractivity contribution < 1.29 is 14.3 Å². The van der Waals surface area contributed by atoms with Gasteiger partial charge in [0.05, 0.1) is 45.7 Å². The number of amides is 1. The number of carbonyl (C=O) groups excluding carboxylic acids is 1. The number of fused-ring (bicyclic) bond motifs is 2. The van der Waals surface area contributed by atoms with E-state index in [4.69, 9.17) is 14.5 Å². The van der Waals surface area contributed by atoms with Gasteiger partial charge in [0.25, 0.3) is 5.91 Å². The Hall–Kier alpha value is -2.55. The molecule has 1 saturated heterocycles.